The number of amides is 1. The number of nitrogens with zero attached hydrogens (tertiary/aromatic N) is 1. The highest BCUT2D eigenvalue weighted by atomic mass is 35.5. The number of fused-ring (bicyclic) bond motifs is 1. The molecule has 1 heterocycles. The zero-order valence-electron chi connectivity index (χ0n) is 15.4. The molecule has 0 radical (unpaired) electrons. The van der Waals surface area contributed by atoms with Gasteiger partial charge in [0.1, 0.15) is 12.4 Å². The molecule has 0 aliphatic carbocycles. The second-order valence-electron chi connectivity index (χ2n) is 6.40. The van der Waals surface area contributed by atoms with Crippen molar-refractivity contribution in [2.45, 2.75) is 6.61 Å². The number of carbonyl (C=O) groups excluding carboxylic acids is 1. The minimum atomic E-state index is -0.340. The number of hydrogen-bond donors (Lipinski definition) is 2. The topological polar surface area (TPSA) is 66.5 Å². The summed E-state index contributed by atoms with van der Waals surface area (Å²) in [6, 6.07) is 22.3. The van der Waals surface area contributed by atoms with E-state index in [0.29, 0.717) is 22.9 Å². The van der Waals surface area contributed by atoms with Gasteiger partial charge < -0.3 is 9.72 Å². The first kappa shape index (κ1) is 18.8. The van der Waals surface area contributed by atoms with Crippen LogP contribution >= 0.6 is 11.6 Å². The molecule has 29 heavy (non-hydrogen) atoms. The highest BCUT2D eigenvalue weighted by Crippen LogP contribution is 2.20. The van der Waals surface area contributed by atoms with Gasteiger partial charge in [-0.3, -0.25) is 4.79 Å². The minimum absolute atomic E-state index is 0.333. The van der Waals surface area contributed by atoms with Crippen molar-refractivity contribution in [3.05, 3.63) is 101 Å². The molecule has 4 rings (SSSR count). The molecule has 1 aromatic heterocycles. The molecule has 0 aliphatic heterocycles. The van der Waals surface area contributed by atoms with E-state index < -0.39 is 0 Å². The van der Waals surface area contributed by atoms with E-state index in [2.05, 4.69) is 15.5 Å². The molecule has 1 amide bonds. The van der Waals surface area contributed by atoms with Crippen LogP contribution in [0.1, 0.15) is 21.5 Å². The van der Waals surface area contributed by atoms with Crippen LogP contribution in [0.3, 0.4) is 0 Å². The van der Waals surface area contributed by atoms with Crippen molar-refractivity contribution in [2.24, 2.45) is 5.10 Å². The molecule has 4 aromatic rings. The molecular formula is C23H18ClN3O2. The van der Waals surface area contributed by atoms with Gasteiger partial charge in [0.15, 0.2) is 0 Å². The zero-order valence-corrected chi connectivity index (χ0v) is 16.2. The summed E-state index contributed by atoms with van der Waals surface area (Å²) in [6.45, 7) is 0.333. The Morgan fingerprint density at radius 1 is 1.03 bits per heavy atom. The number of hydrazone groups is 1. The largest absolute Gasteiger partial charge is 0.488 e. The first-order chi connectivity index (χ1) is 14.2. The standard InChI is InChI=1S/C23H18ClN3O2/c24-18-11-9-16(10-12-18)15-29-22-8-4-2-6-20(22)23(28)27-26-14-17-13-25-21-7-3-1-5-19(17)21/h1-14,25H,15H2,(H,27,28). The molecule has 5 nitrogen and oxygen atoms in total. The summed E-state index contributed by atoms with van der Waals surface area (Å²) >= 11 is 5.90. The number of nitrogens with one attached hydrogen (secondary N) is 2. The lowest BCUT2D eigenvalue weighted by molar-refractivity contribution is 0.0950. The fraction of sp³-hybridized carbons (Fsp3) is 0.0435. The third-order valence-electron chi connectivity index (χ3n) is 4.43. The molecule has 6 heteroatoms. The number of para-hydroxylation sites is 2. The zero-order chi connectivity index (χ0) is 20.1. The second kappa shape index (κ2) is 8.63. The molecule has 0 spiro atoms. The van der Waals surface area contributed by atoms with Crippen LogP contribution in [0.5, 0.6) is 5.75 Å². The van der Waals surface area contributed by atoms with Crippen LogP contribution in [0, 0.1) is 0 Å². The lowest BCUT2D eigenvalue weighted by Crippen LogP contribution is -2.18. The summed E-state index contributed by atoms with van der Waals surface area (Å²) in [5, 5.41) is 5.80. The number of benzene rings is 3. The van der Waals surface area contributed by atoms with Gasteiger partial charge in [-0.25, -0.2) is 5.43 Å². The molecule has 144 valence electrons. The maximum atomic E-state index is 12.6. The van der Waals surface area contributed by atoms with Gasteiger partial charge in [-0.2, -0.15) is 5.10 Å². The van der Waals surface area contributed by atoms with Crippen molar-refractivity contribution in [3.8, 4) is 5.75 Å². The number of H-pyrrole nitrogens is 1. The Kier molecular flexibility index (Phi) is 5.59. The molecule has 2 N–H and O–H groups in total. The average Bonchev–Trinajstić information content (AvgIpc) is 3.17. The fourth-order valence-electron chi connectivity index (χ4n) is 2.94. The van der Waals surface area contributed by atoms with E-state index in [-0.39, 0.29) is 5.91 Å². The summed E-state index contributed by atoms with van der Waals surface area (Å²) in [7, 11) is 0. The number of aromatic amines is 1. The number of hydrogen-bond acceptors (Lipinski definition) is 3. The first-order valence-corrected chi connectivity index (χ1v) is 9.44. The predicted octanol–water partition coefficient (Wildman–Crippen LogP) is 5.16. The third kappa shape index (κ3) is 4.47. The van der Waals surface area contributed by atoms with Crippen LogP contribution in [0.15, 0.2) is 84.1 Å². The molecule has 3 aromatic carbocycles. The van der Waals surface area contributed by atoms with Crippen molar-refractivity contribution >= 4 is 34.6 Å². The fourth-order valence-corrected chi connectivity index (χ4v) is 3.07. The van der Waals surface area contributed by atoms with E-state index in [1.165, 1.54) is 0 Å². The average molecular weight is 404 g/mol. The maximum absolute atomic E-state index is 12.6. The summed E-state index contributed by atoms with van der Waals surface area (Å²) in [5.41, 5.74) is 5.85. The Balaban J connectivity index is 1.44. The molecule has 0 unspecified atom stereocenters. The maximum Gasteiger partial charge on any atom is 0.275 e. The highest BCUT2D eigenvalue weighted by Gasteiger charge is 2.11. The second-order valence-corrected chi connectivity index (χ2v) is 6.84. The number of carbonyl (C=O) groups is 1. The summed E-state index contributed by atoms with van der Waals surface area (Å²) in [6.07, 6.45) is 3.47. The van der Waals surface area contributed by atoms with Crippen LogP contribution in [0.2, 0.25) is 5.02 Å². The molecule has 0 bridgehead atoms. The van der Waals surface area contributed by atoms with Gasteiger partial charge in [0.25, 0.3) is 5.91 Å². The monoisotopic (exact) mass is 403 g/mol. The Morgan fingerprint density at radius 2 is 1.79 bits per heavy atom. The molecule has 0 aliphatic rings. The number of halogens is 1. The summed E-state index contributed by atoms with van der Waals surface area (Å²) in [4.78, 5) is 15.8. The van der Waals surface area contributed by atoms with Crippen LogP contribution < -0.4 is 10.2 Å². The van der Waals surface area contributed by atoms with E-state index in [9.17, 15) is 4.79 Å². The van der Waals surface area contributed by atoms with E-state index >= 15 is 0 Å². The van der Waals surface area contributed by atoms with Crippen molar-refractivity contribution in [1.29, 1.82) is 0 Å². The van der Waals surface area contributed by atoms with Crippen LogP contribution in [0.4, 0.5) is 0 Å². The Morgan fingerprint density at radius 3 is 2.66 bits per heavy atom. The Hall–Kier alpha value is -3.57. The molecule has 0 saturated heterocycles. The van der Waals surface area contributed by atoms with Crippen molar-refractivity contribution < 1.29 is 9.53 Å². The van der Waals surface area contributed by atoms with Crippen molar-refractivity contribution in [1.82, 2.24) is 10.4 Å². The quantitative estimate of drug-likeness (QED) is 0.344. The number of aromatic nitrogens is 1. The number of ether oxygens (including phenoxy) is 1. The van der Waals surface area contributed by atoms with E-state index in [0.717, 1.165) is 22.0 Å². The molecule has 0 saturated carbocycles. The third-order valence-corrected chi connectivity index (χ3v) is 4.68. The van der Waals surface area contributed by atoms with Gasteiger partial charge >= 0.3 is 0 Å². The lowest BCUT2D eigenvalue weighted by atomic mass is 10.2. The molecule has 0 fully saturated rings. The van der Waals surface area contributed by atoms with Gasteiger partial charge in [-0.05, 0) is 35.9 Å². The smallest absolute Gasteiger partial charge is 0.275 e. The summed E-state index contributed by atoms with van der Waals surface area (Å²) in [5.74, 6) is 0.148. The van der Waals surface area contributed by atoms with E-state index in [4.69, 9.17) is 16.3 Å². The van der Waals surface area contributed by atoms with E-state index in [1.54, 1.807) is 36.5 Å². The van der Waals surface area contributed by atoms with Crippen LogP contribution in [-0.2, 0) is 6.61 Å². The van der Waals surface area contributed by atoms with Gasteiger partial charge in [0.2, 0.25) is 0 Å². The SMILES string of the molecule is O=C(NN=Cc1c[nH]c2ccccc12)c1ccccc1OCc1ccc(Cl)cc1. The van der Waals surface area contributed by atoms with Crippen molar-refractivity contribution in [2.75, 3.05) is 0 Å². The Bertz CT molecular complexity index is 1170. The normalized spacial score (nSPS) is 11.1. The van der Waals surface area contributed by atoms with Gasteiger partial charge in [0.05, 0.1) is 11.8 Å². The first-order valence-electron chi connectivity index (χ1n) is 9.06. The highest BCUT2D eigenvalue weighted by molar-refractivity contribution is 6.30. The Labute approximate surface area is 173 Å². The molecule has 0 atom stereocenters. The van der Waals surface area contributed by atoms with Crippen molar-refractivity contribution in [3.63, 3.8) is 0 Å². The van der Waals surface area contributed by atoms with Crippen LogP contribution in [-0.4, -0.2) is 17.1 Å². The van der Waals surface area contributed by atoms with Gasteiger partial charge in [0, 0.05) is 27.7 Å². The van der Waals surface area contributed by atoms with Crippen LogP contribution in [0.25, 0.3) is 10.9 Å². The number of rotatable bonds is 6. The minimum Gasteiger partial charge on any atom is -0.488 e. The van der Waals surface area contributed by atoms with Gasteiger partial charge in [-0.15, -0.1) is 0 Å². The van der Waals surface area contributed by atoms with E-state index in [1.807, 2.05) is 48.7 Å². The summed E-state index contributed by atoms with van der Waals surface area (Å²) < 4.78 is 5.83. The lowest BCUT2D eigenvalue weighted by Gasteiger charge is -2.10. The molecular weight excluding hydrogens is 386 g/mol. The van der Waals surface area contributed by atoms with Gasteiger partial charge in [-0.1, -0.05) is 54.1 Å². The predicted molar refractivity (Wildman–Crippen MR) is 116 cm³/mol.